The monoisotopic (exact) mass is 351 g/mol. The molecule has 1 aliphatic rings. The van der Waals surface area contributed by atoms with Gasteiger partial charge in [0, 0.05) is 11.1 Å². The van der Waals surface area contributed by atoms with Crippen LogP contribution in [0.3, 0.4) is 0 Å². The van der Waals surface area contributed by atoms with E-state index in [2.05, 4.69) is 5.32 Å². The number of carbonyl (C=O) groups excluding carboxylic acids is 2. The second kappa shape index (κ2) is 7.70. The van der Waals surface area contributed by atoms with Crippen LogP contribution in [0.4, 0.5) is 0 Å². The van der Waals surface area contributed by atoms with Crippen molar-refractivity contribution in [1.29, 1.82) is 0 Å². The number of methoxy groups -OCH3 is 1. The lowest BCUT2D eigenvalue weighted by molar-refractivity contribution is -0.148. The molecule has 1 amide bonds. The van der Waals surface area contributed by atoms with Gasteiger partial charge in [-0.15, -0.1) is 0 Å². The van der Waals surface area contributed by atoms with E-state index in [1.54, 1.807) is 30.0 Å². The SMILES string of the molecule is COc1ccc(C(C)=O)cc1CC(=O)NC1(C(=O)O)CCSCC1. The van der Waals surface area contributed by atoms with Gasteiger partial charge in [0.05, 0.1) is 13.5 Å². The van der Waals surface area contributed by atoms with Gasteiger partial charge in [0.2, 0.25) is 5.91 Å². The smallest absolute Gasteiger partial charge is 0.329 e. The van der Waals surface area contributed by atoms with Crippen molar-refractivity contribution in [2.24, 2.45) is 0 Å². The molecule has 24 heavy (non-hydrogen) atoms. The van der Waals surface area contributed by atoms with Gasteiger partial charge in [-0.3, -0.25) is 9.59 Å². The summed E-state index contributed by atoms with van der Waals surface area (Å²) in [6.07, 6.45) is 0.777. The van der Waals surface area contributed by atoms with Gasteiger partial charge in [-0.05, 0) is 49.5 Å². The molecule has 0 radical (unpaired) electrons. The Hall–Kier alpha value is -2.02. The van der Waals surface area contributed by atoms with E-state index in [0.717, 1.165) is 0 Å². The number of hydrogen-bond donors (Lipinski definition) is 2. The average Bonchev–Trinajstić information content (AvgIpc) is 2.55. The number of Topliss-reactive ketones (excluding diaryl/α,β-unsaturated/α-hetero) is 1. The number of carboxylic acid groups (broad SMARTS) is 1. The molecule has 6 nitrogen and oxygen atoms in total. The number of amides is 1. The van der Waals surface area contributed by atoms with E-state index in [4.69, 9.17) is 4.74 Å². The molecule has 0 spiro atoms. The molecule has 0 atom stereocenters. The zero-order valence-corrected chi connectivity index (χ0v) is 14.6. The highest BCUT2D eigenvalue weighted by atomic mass is 32.2. The van der Waals surface area contributed by atoms with Gasteiger partial charge in [-0.2, -0.15) is 11.8 Å². The van der Waals surface area contributed by atoms with Gasteiger partial charge in [0.1, 0.15) is 11.3 Å². The third-order valence-corrected chi connectivity index (χ3v) is 5.16. The van der Waals surface area contributed by atoms with Crippen LogP contribution in [0, 0.1) is 0 Å². The highest BCUT2D eigenvalue weighted by Crippen LogP contribution is 2.28. The fraction of sp³-hybridized carbons (Fsp3) is 0.471. The number of thioether (sulfide) groups is 1. The lowest BCUT2D eigenvalue weighted by atomic mass is 9.91. The number of nitrogens with one attached hydrogen (secondary N) is 1. The molecule has 0 unspecified atom stereocenters. The van der Waals surface area contributed by atoms with Crippen molar-refractivity contribution < 1.29 is 24.2 Å². The zero-order valence-electron chi connectivity index (χ0n) is 13.8. The lowest BCUT2D eigenvalue weighted by Gasteiger charge is -2.33. The van der Waals surface area contributed by atoms with Crippen LogP contribution in [0.5, 0.6) is 5.75 Å². The molecule has 0 aliphatic carbocycles. The van der Waals surface area contributed by atoms with Gasteiger partial charge in [0.15, 0.2) is 5.78 Å². The summed E-state index contributed by atoms with van der Waals surface area (Å²) in [5.41, 5.74) is -0.151. The standard InChI is InChI=1S/C17H21NO5S/c1-11(19)12-3-4-14(23-2)13(9-12)10-15(20)18-17(16(21)22)5-7-24-8-6-17/h3-4,9H,5-8,10H2,1-2H3,(H,18,20)(H,21,22). The summed E-state index contributed by atoms with van der Waals surface area (Å²) in [5, 5.41) is 12.2. The highest BCUT2D eigenvalue weighted by Gasteiger charge is 2.41. The van der Waals surface area contributed by atoms with Gasteiger partial charge >= 0.3 is 5.97 Å². The third kappa shape index (κ3) is 4.08. The minimum atomic E-state index is -1.20. The van der Waals surface area contributed by atoms with E-state index in [1.165, 1.54) is 14.0 Å². The predicted molar refractivity (Wildman–Crippen MR) is 91.8 cm³/mol. The Morgan fingerprint density at radius 1 is 1.29 bits per heavy atom. The van der Waals surface area contributed by atoms with Crippen molar-refractivity contribution >= 4 is 29.4 Å². The minimum Gasteiger partial charge on any atom is -0.496 e. The van der Waals surface area contributed by atoms with Crippen LogP contribution < -0.4 is 10.1 Å². The topological polar surface area (TPSA) is 92.7 Å². The highest BCUT2D eigenvalue weighted by molar-refractivity contribution is 7.99. The molecule has 2 rings (SSSR count). The first-order valence-corrected chi connectivity index (χ1v) is 8.83. The second-order valence-corrected chi connectivity index (χ2v) is 7.03. The zero-order chi connectivity index (χ0) is 17.7. The summed E-state index contributed by atoms with van der Waals surface area (Å²) in [4.78, 5) is 35.6. The van der Waals surface area contributed by atoms with E-state index >= 15 is 0 Å². The quantitative estimate of drug-likeness (QED) is 0.761. The summed E-state index contributed by atoms with van der Waals surface area (Å²) in [7, 11) is 1.49. The van der Waals surface area contributed by atoms with Crippen LogP contribution in [0.15, 0.2) is 18.2 Å². The molecule has 130 valence electrons. The van der Waals surface area contributed by atoms with E-state index in [0.29, 0.717) is 41.2 Å². The molecule has 1 fully saturated rings. The Bertz CT molecular complexity index is 652. The maximum Gasteiger partial charge on any atom is 0.329 e. The number of hydrogen-bond acceptors (Lipinski definition) is 5. The Balaban J connectivity index is 2.18. The third-order valence-electron chi connectivity index (χ3n) is 4.17. The molecule has 2 N–H and O–H groups in total. The number of rotatable bonds is 6. The molecule has 1 aromatic rings. The fourth-order valence-electron chi connectivity index (χ4n) is 2.73. The Morgan fingerprint density at radius 2 is 1.96 bits per heavy atom. The van der Waals surface area contributed by atoms with E-state index in [9.17, 15) is 19.5 Å². The number of carbonyl (C=O) groups is 3. The molecule has 1 heterocycles. The van der Waals surface area contributed by atoms with Crippen LogP contribution in [0.25, 0.3) is 0 Å². The summed E-state index contributed by atoms with van der Waals surface area (Å²) < 4.78 is 5.23. The first-order chi connectivity index (χ1) is 11.4. The van der Waals surface area contributed by atoms with Gasteiger partial charge in [-0.1, -0.05) is 0 Å². The molecule has 1 saturated heterocycles. The molecule has 0 bridgehead atoms. The van der Waals surface area contributed by atoms with Gasteiger partial charge < -0.3 is 15.2 Å². The summed E-state index contributed by atoms with van der Waals surface area (Å²) in [6, 6.07) is 4.90. The largest absolute Gasteiger partial charge is 0.496 e. The maximum atomic E-state index is 12.4. The summed E-state index contributed by atoms with van der Waals surface area (Å²) in [6.45, 7) is 1.45. The maximum absolute atomic E-state index is 12.4. The Labute approximate surface area is 145 Å². The van der Waals surface area contributed by atoms with Gasteiger partial charge in [-0.25, -0.2) is 4.79 Å². The Kier molecular flexibility index (Phi) is 5.88. The Morgan fingerprint density at radius 3 is 2.50 bits per heavy atom. The van der Waals surface area contributed by atoms with Crippen LogP contribution in [0.2, 0.25) is 0 Å². The number of aliphatic carboxylic acids is 1. The predicted octanol–water partition coefficient (Wildman–Crippen LogP) is 1.91. The van der Waals surface area contributed by atoms with Crippen molar-refractivity contribution in [3.05, 3.63) is 29.3 Å². The van der Waals surface area contributed by atoms with Crippen molar-refractivity contribution in [1.82, 2.24) is 5.32 Å². The van der Waals surface area contributed by atoms with Gasteiger partial charge in [0.25, 0.3) is 0 Å². The normalized spacial score (nSPS) is 16.2. The van der Waals surface area contributed by atoms with E-state index < -0.39 is 11.5 Å². The second-order valence-electron chi connectivity index (χ2n) is 5.81. The molecule has 0 saturated carbocycles. The van der Waals surface area contributed by atoms with Crippen LogP contribution in [-0.2, 0) is 16.0 Å². The lowest BCUT2D eigenvalue weighted by Crippen LogP contribution is -2.56. The van der Waals surface area contributed by atoms with Crippen molar-refractivity contribution in [2.45, 2.75) is 31.7 Å². The van der Waals surface area contributed by atoms with Crippen molar-refractivity contribution in [3.63, 3.8) is 0 Å². The average molecular weight is 351 g/mol. The summed E-state index contributed by atoms with van der Waals surface area (Å²) in [5.74, 6) is 0.416. The minimum absolute atomic E-state index is 0.0353. The molecule has 7 heteroatoms. The number of ketones is 1. The molecular formula is C17H21NO5S. The first kappa shape index (κ1) is 18.3. The number of ether oxygens (including phenoxy) is 1. The van der Waals surface area contributed by atoms with Crippen LogP contribution in [0.1, 0.15) is 35.7 Å². The molecular weight excluding hydrogens is 330 g/mol. The van der Waals surface area contributed by atoms with Crippen molar-refractivity contribution in [3.8, 4) is 5.75 Å². The molecule has 0 aromatic heterocycles. The van der Waals surface area contributed by atoms with Crippen LogP contribution >= 0.6 is 11.8 Å². The number of carboxylic acids is 1. The summed E-state index contributed by atoms with van der Waals surface area (Å²) >= 11 is 1.68. The van der Waals surface area contributed by atoms with E-state index in [1.807, 2.05) is 0 Å². The molecule has 1 aliphatic heterocycles. The fourth-order valence-corrected chi connectivity index (χ4v) is 3.92. The number of benzene rings is 1. The van der Waals surface area contributed by atoms with Crippen LogP contribution in [-0.4, -0.2) is 46.9 Å². The first-order valence-electron chi connectivity index (χ1n) is 7.68. The van der Waals surface area contributed by atoms with E-state index in [-0.39, 0.29) is 18.1 Å². The van der Waals surface area contributed by atoms with Crippen molar-refractivity contribution in [2.75, 3.05) is 18.6 Å². The molecule has 1 aromatic carbocycles.